The van der Waals surface area contributed by atoms with Gasteiger partial charge in [0.25, 0.3) is 0 Å². The minimum Gasteiger partial charge on any atom is -0.360 e. The van der Waals surface area contributed by atoms with Crippen LogP contribution in [-0.2, 0) is 0 Å². The van der Waals surface area contributed by atoms with E-state index >= 15 is 0 Å². The topological polar surface area (TPSA) is 63.8 Å². The number of nitrogens with zero attached hydrogens (tertiary/aromatic N) is 2. The molecular weight excluding hydrogens is 244 g/mol. The second-order valence-electron chi connectivity index (χ2n) is 5.85. The Balaban J connectivity index is 1.57. The zero-order valence-corrected chi connectivity index (χ0v) is 11.6. The molecule has 18 heavy (non-hydrogen) atoms. The van der Waals surface area contributed by atoms with Crippen molar-refractivity contribution in [3.8, 4) is 0 Å². The molecule has 1 aromatic rings. The van der Waals surface area contributed by atoms with E-state index in [1.807, 2.05) is 0 Å². The number of nitrogens with two attached hydrogens (primary N) is 1. The van der Waals surface area contributed by atoms with E-state index in [0.29, 0.717) is 11.3 Å². The van der Waals surface area contributed by atoms with Gasteiger partial charge in [0.15, 0.2) is 0 Å². The van der Waals surface area contributed by atoms with Gasteiger partial charge in [-0.15, -0.1) is 0 Å². The molecule has 0 spiro atoms. The van der Waals surface area contributed by atoms with Gasteiger partial charge in [-0.05, 0) is 37.6 Å². The van der Waals surface area contributed by atoms with E-state index < -0.39 is 0 Å². The highest BCUT2D eigenvalue weighted by Gasteiger charge is 2.31. The predicted octanol–water partition coefficient (Wildman–Crippen LogP) is 2.74. The summed E-state index contributed by atoms with van der Waals surface area (Å²) in [7, 11) is 0. The van der Waals surface area contributed by atoms with E-state index in [1.165, 1.54) is 56.5 Å². The average Bonchev–Trinajstić information content (AvgIpc) is 3.17. The smallest absolute Gasteiger partial charge is 0.202 e. The second-order valence-corrected chi connectivity index (χ2v) is 6.60. The maximum Gasteiger partial charge on any atom is 0.202 e. The lowest BCUT2D eigenvalue weighted by molar-refractivity contribution is 0.215. The molecule has 0 saturated heterocycles. The van der Waals surface area contributed by atoms with E-state index in [9.17, 15) is 0 Å². The Morgan fingerprint density at radius 1 is 1.28 bits per heavy atom. The lowest BCUT2D eigenvalue weighted by atomic mass is 9.74. The van der Waals surface area contributed by atoms with Gasteiger partial charge >= 0.3 is 0 Å². The van der Waals surface area contributed by atoms with Gasteiger partial charge in [0, 0.05) is 24.0 Å². The van der Waals surface area contributed by atoms with Gasteiger partial charge in [-0.25, -0.2) is 4.98 Å². The molecule has 2 saturated carbocycles. The normalized spacial score (nSPS) is 22.9. The molecule has 2 fully saturated rings. The maximum atomic E-state index is 5.99. The molecule has 3 rings (SSSR count). The first-order valence-electron chi connectivity index (χ1n) is 7.09. The summed E-state index contributed by atoms with van der Waals surface area (Å²) in [5.41, 5.74) is 6.29. The first-order chi connectivity index (χ1) is 8.81. The third-order valence-corrected chi connectivity index (χ3v) is 5.03. The lowest BCUT2D eigenvalue weighted by Gasteiger charge is -2.36. The highest BCUT2D eigenvalue weighted by molar-refractivity contribution is 7.09. The van der Waals surface area contributed by atoms with Crippen LogP contribution in [0.3, 0.4) is 0 Å². The monoisotopic (exact) mass is 266 g/mol. The van der Waals surface area contributed by atoms with Crippen molar-refractivity contribution in [3.63, 3.8) is 0 Å². The summed E-state index contributed by atoms with van der Waals surface area (Å²) >= 11 is 1.50. The van der Waals surface area contributed by atoms with E-state index in [1.54, 1.807) is 0 Å². The fourth-order valence-electron chi connectivity index (χ4n) is 2.83. The highest BCUT2D eigenvalue weighted by atomic mass is 32.1. The minimum absolute atomic E-state index is 0.295. The molecule has 2 aliphatic carbocycles. The number of rotatable bonds is 5. The number of hydrogen-bond acceptors (Lipinski definition) is 5. The van der Waals surface area contributed by atoms with Gasteiger partial charge in [0.05, 0.1) is 0 Å². The minimum atomic E-state index is 0.295. The molecule has 0 aromatic carbocycles. The SMILES string of the molecule is NCC1(CNc2nc(C3CC3)ns2)CCCCC1. The van der Waals surface area contributed by atoms with Gasteiger partial charge in [-0.1, -0.05) is 19.3 Å². The molecule has 2 aliphatic rings. The van der Waals surface area contributed by atoms with Crippen LogP contribution < -0.4 is 11.1 Å². The summed E-state index contributed by atoms with van der Waals surface area (Å²) in [6, 6.07) is 0. The molecule has 1 heterocycles. The third kappa shape index (κ3) is 2.67. The van der Waals surface area contributed by atoms with E-state index in [4.69, 9.17) is 5.73 Å². The molecule has 1 aromatic heterocycles. The van der Waals surface area contributed by atoms with Gasteiger partial charge in [0.2, 0.25) is 5.13 Å². The number of anilines is 1. The van der Waals surface area contributed by atoms with Gasteiger partial charge in [-0.2, -0.15) is 4.37 Å². The van der Waals surface area contributed by atoms with Gasteiger partial charge in [-0.3, -0.25) is 0 Å². The number of aromatic nitrogens is 2. The Hall–Kier alpha value is -0.680. The van der Waals surface area contributed by atoms with Crippen LogP contribution in [-0.4, -0.2) is 22.4 Å². The Morgan fingerprint density at radius 3 is 2.72 bits per heavy atom. The first kappa shape index (κ1) is 12.4. The summed E-state index contributed by atoms with van der Waals surface area (Å²) in [6.07, 6.45) is 9.05. The zero-order chi connectivity index (χ0) is 12.4. The summed E-state index contributed by atoms with van der Waals surface area (Å²) in [6.45, 7) is 1.75. The molecule has 0 bridgehead atoms. The van der Waals surface area contributed by atoms with E-state index in [-0.39, 0.29) is 0 Å². The van der Waals surface area contributed by atoms with E-state index in [2.05, 4.69) is 14.7 Å². The lowest BCUT2D eigenvalue weighted by Crippen LogP contribution is -2.39. The second kappa shape index (κ2) is 5.13. The van der Waals surface area contributed by atoms with Crippen molar-refractivity contribution in [1.82, 2.24) is 9.36 Å². The van der Waals surface area contributed by atoms with Crippen LogP contribution in [0.2, 0.25) is 0 Å². The van der Waals surface area contributed by atoms with Gasteiger partial charge in [0.1, 0.15) is 5.82 Å². The number of hydrogen-bond donors (Lipinski definition) is 2. The van der Waals surface area contributed by atoms with Crippen LogP contribution in [0.15, 0.2) is 0 Å². The summed E-state index contributed by atoms with van der Waals surface area (Å²) in [4.78, 5) is 4.58. The fourth-order valence-corrected chi connectivity index (χ4v) is 3.47. The predicted molar refractivity (Wildman–Crippen MR) is 74.9 cm³/mol. The van der Waals surface area contributed by atoms with Crippen molar-refractivity contribution in [2.75, 3.05) is 18.4 Å². The molecule has 0 atom stereocenters. The zero-order valence-electron chi connectivity index (χ0n) is 10.8. The summed E-state index contributed by atoms with van der Waals surface area (Å²) in [5, 5.41) is 4.46. The van der Waals surface area contributed by atoms with Crippen LogP contribution in [0.1, 0.15) is 56.7 Å². The van der Waals surface area contributed by atoms with Crippen LogP contribution in [0.25, 0.3) is 0 Å². The molecule has 0 amide bonds. The molecule has 0 aliphatic heterocycles. The van der Waals surface area contributed by atoms with Crippen LogP contribution in [0, 0.1) is 5.41 Å². The first-order valence-corrected chi connectivity index (χ1v) is 7.86. The molecule has 4 nitrogen and oxygen atoms in total. The molecule has 3 N–H and O–H groups in total. The quantitative estimate of drug-likeness (QED) is 0.860. The molecule has 5 heteroatoms. The van der Waals surface area contributed by atoms with Crippen molar-refractivity contribution >= 4 is 16.7 Å². The van der Waals surface area contributed by atoms with Crippen molar-refractivity contribution < 1.29 is 0 Å². The molecule has 0 unspecified atom stereocenters. The standard InChI is InChI=1S/C13H22N4S/c14-8-13(6-2-1-3-7-13)9-15-12-16-11(17-18-12)10-4-5-10/h10H,1-9,14H2,(H,15,16,17). The largest absolute Gasteiger partial charge is 0.360 e. The summed E-state index contributed by atoms with van der Waals surface area (Å²) < 4.78 is 4.43. The highest BCUT2D eigenvalue weighted by Crippen LogP contribution is 2.40. The molecular formula is C13H22N4S. The number of nitrogens with one attached hydrogen (secondary N) is 1. The van der Waals surface area contributed by atoms with Crippen LogP contribution >= 0.6 is 11.5 Å². The third-order valence-electron chi connectivity index (χ3n) is 4.35. The molecule has 0 radical (unpaired) electrons. The van der Waals surface area contributed by atoms with Crippen molar-refractivity contribution in [2.45, 2.75) is 50.9 Å². The van der Waals surface area contributed by atoms with Crippen molar-refractivity contribution in [3.05, 3.63) is 5.82 Å². The van der Waals surface area contributed by atoms with Crippen LogP contribution in [0.5, 0.6) is 0 Å². The van der Waals surface area contributed by atoms with Gasteiger partial charge < -0.3 is 11.1 Å². The van der Waals surface area contributed by atoms with Crippen molar-refractivity contribution in [2.24, 2.45) is 11.1 Å². The summed E-state index contributed by atoms with van der Waals surface area (Å²) in [5.74, 6) is 1.70. The van der Waals surface area contributed by atoms with Crippen molar-refractivity contribution in [1.29, 1.82) is 0 Å². The fraction of sp³-hybridized carbons (Fsp3) is 0.846. The Morgan fingerprint density at radius 2 is 2.06 bits per heavy atom. The van der Waals surface area contributed by atoms with E-state index in [0.717, 1.165) is 24.0 Å². The van der Waals surface area contributed by atoms with Crippen LogP contribution in [0.4, 0.5) is 5.13 Å². The maximum absolute atomic E-state index is 5.99. The Kier molecular flexibility index (Phi) is 3.52. The Labute approximate surface area is 113 Å². The Bertz CT molecular complexity index is 393. The molecule has 100 valence electrons. The average molecular weight is 266 g/mol.